The molecule has 2 aromatic rings. The van der Waals surface area contributed by atoms with E-state index in [2.05, 4.69) is 24.4 Å². The molecule has 0 saturated carbocycles. The van der Waals surface area contributed by atoms with Gasteiger partial charge >= 0.3 is 0 Å². The molecule has 0 aliphatic heterocycles. The Morgan fingerprint density at radius 3 is 2.48 bits per heavy atom. The molecular formula is C16H21ClN2OS. The molecule has 1 aromatic carbocycles. The lowest BCUT2D eigenvalue weighted by Gasteiger charge is -2.11. The number of amides is 1. The van der Waals surface area contributed by atoms with Crippen LogP contribution in [0.4, 0.5) is 0 Å². The van der Waals surface area contributed by atoms with E-state index in [-0.39, 0.29) is 18.3 Å². The maximum absolute atomic E-state index is 12.0. The number of halogens is 1. The molecule has 0 aliphatic rings. The number of nitrogens with one attached hydrogen (secondary N) is 1. The number of rotatable bonds is 6. The molecule has 0 bridgehead atoms. The second-order valence-electron chi connectivity index (χ2n) is 4.74. The summed E-state index contributed by atoms with van der Waals surface area (Å²) in [6, 6.07) is 13.5. The molecule has 0 radical (unpaired) electrons. The average Bonchev–Trinajstić information content (AvgIpc) is 2.93. The summed E-state index contributed by atoms with van der Waals surface area (Å²) in [4.78, 5) is 14.5. The van der Waals surface area contributed by atoms with Crippen molar-refractivity contribution in [3.63, 3.8) is 0 Å². The smallest absolute Gasteiger partial charge is 0.237 e. The Kier molecular flexibility index (Phi) is 7.43. The van der Waals surface area contributed by atoms with Crippen molar-refractivity contribution >= 4 is 29.7 Å². The molecule has 5 heteroatoms. The number of carbonyl (C=O) groups excluding carboxylic acids is 1. The van der Waals surface area contributed by atoms with Gasteiger partial charge in [0.1, 0.15) is 0 Å². The summed E-state index contributed by atoms with van der Waals surface area (Å²) in [6.07, 6.45) is 1.60. The van der Waals surface area contributed by atoms with Crippen molar-refractivity contribution in [3.05, 3.63) is 57.8 Å². The highest BCUT2D eigenvalue weighted by molar-refractivity contribution is 7.11. The lowest BCUT2D eigenvalue weighted by molar-refractivity contribution is -0.122. The summed E-state index contributed by atoms with van der Waals surface area (Å²) in [5.41, 5.74) is 7.02. The summed E-state index contributed by atoms with van der Waals surface area (Å²) < 4.78 is 0. The topological polar surface area (TPSA) is 55.1 Å². The zero-order valence-corrected chi connectivity index (χ0v) is 13.7. The van der Waals surface area contributed by atoms with E-state index >= 15 is 0 Å². The van der Waals surface area contributed by atoms with Crippen LogP contribution in [0, 0.1) is 0 Å². The standard InChI is InChI=1S/C16H20N2OS.ClH/c1-2-13-8-9-14(20-13)11-18-16(19)15(17)10-12-6-4-3-5-7-12;/h3-9,15H,2,10-11,17H2,1H3,(H,18,19);1H. The molecule has 1 aromatic heterocycles. The number of nitrogens with two attached hydrogens (primary N) is 1. The van der Waals surface area contributed by atoms with E-state index in [0.717, 1.165) is 12.0 Å². The van der Waals surface area contributed by atoms with Gasteiger partial charge < -0.3 is 11.1 Å². The second kappa shape index (κ2) is 8.82. The predicted molar refractivity (Wildman–Crippen MR) is 90.9 cm³/mol. The molecule has 2 rings (SSSR count). The molecule has 1 unspecified atom stereocenters. The molecule has 0 spiro atoms. The Morgan fingerprint density at radius 1 is 1.19 bits per heavy atom. The first-order chi connectivity index (χ1) is 9.69. The highest BCUT2D eigenvalue weighted by atomic mass is 35.5. The fourth-order valence-corrected chi connectivity index (χ4v) is 2.87. The van der Waals surface area contributed by atoms with Crippen LogP contribution in [0.2, 0.25) is 0 Å². The first-order valence-electron chi connectivity index (χ1n) is 6.84. The Bertz CT molecular complexity index is 556. The van der Waals surface area contributed by atoms with Crippen molar-refractivity contribution in [1.29, 1.82) is 0 Å². The minimum atomic E-state index is -0.497. The summed E-state index contributed by atoms with van der Waals surface area (Å²) in [6.45, 7) is 2.69. The second-order valence-corrected chi connectivity index (χ2v) is 5.99. The number of hydrogen-bond acceptors (Lipinski definition) is 3. The molecule has 1 amide bonds. The normalized spacial score (nSPS) is 11.5. The van der Waals surface area contributed by atoms with Gasteiger partial charge in [-0.1, -0.05) is 37.3 Å². The van der Waals surface area contributed by atoms with E-state index < -0.39 is 6.04 Å². The largest absolute Gasteiger partial charge is 0.350 e. The average molecular weight is 325 g/mol. The summed E-state index contributed by atoms with van der Waals surface area (Å²) >= 11 is 1.74. The lowest BCUT2D eigenvalue weighted by atomic mass is 10.1. The van der Waals surface area contributed by atoms with E-state index in [1.807, 2.05) is 30.3 Å². The predicted octanol–water partition coefficient (Wildman–Crippen LogP) is 2.92. The fraction of sp³-hybridized carbons (Fsp3) is 0.312. The molecular weight excluding hydrogens is 304 g/mol. The van der Waals surface area contributed by atoms with Gasteiger partial charge in [-0.25, -0.2) is 0 Å². The molecule has 21 heavy (non-hydrogen) atoms. The number of aryl methyl sites for hydroxylation is 1. The zero-order valence-electron chi connectivity index (χ0n) is 12.0. The van der Waals surface area contributed by atoms with Crippen LogP contribution in [-0.4, -0.2) is 11.9 Å². The fourth-order valence-electron chi connectivity index (χ4n) is 1.97. The van der Waals surface area contributed by atoms with Gasteiger partial charge in [0.15, 0.2) is 0 Å². The van der Waals surface area contributed by atoms with Crippen LogP contribution in [0.25, 0.3) is 0 Å². The number of benzene rings is 1. The molecule has 1 heterocycles. The number of carbonyl (C=O) groups is 1. The van der Waals surface area contributed by atoms with Crippen LogP contribution < -0.4 is 11.1 Å². The highest BCUT2D eigenvalue weighted by Crippen LogP contribution is 2.16. The third-order valence-electron chi connectivity index (χ3n) is 3.14. The molecule has 0 fully saturated rings. The van der Waals surface area contributed by atoms with Crippen molar-refractivity contribution in [2.24, 2.45) is 5.73 Å². The van der Waals surface area contributed by atoms with Gasteiger partial charge in [0.25, 0.3) is 0 Å². The molecule has 114 valence electrons. The van der Waals surface area contributed by atoms with Crippen LogP contribution in [0.5, 0.6) is 0 Å². The van der Waals surface area contributed by atoms with Crippen LogP contribution >= 0.6 is 23.7 Å². The first-order valence-corrected chi connectivity index (χ1v) is 7.65. The van der Waals surface area contributed by atoms with Crippen molar-refractivity contribution in [2.75, 3.05) is 0 Å². The van der Waals surface area contributed by atoms with Crippen LogP contribution in [-0.2, 0) is 24.2 Å². The van der Waals surface area contributed by atoms with Crippen molar-refractivity contribution in [2.45, 2.75) is 32.4 Å². The van der Waals surface area contributed by atoms with Crippen molar-refractivity contribution < 1.29 is 4.79 Å². The third kappa shape index (κ3) is 5.50. The van der Waals surface area contributed by atoms with Crippen LogP contribution in [0.1, 0.15) is 22.2 Å². The maximum Gasteiger partial charge on any atom is 0.237 e. The van der Waals surface area contributed by atoms with Crippen LogP contribution in [0.15, 0.2) is 42.5 Å². The molecule has 0 aliphatic carbocycles. The summed E-state index contributed by atoms with van der Waals surface area (Å²) in [5, 5.41) is 2.90. The molecule has 0 saturated heterocycles. The van der Waals surface area contributed by atoms with Crippen LogP contribution in [0.3, 0.4) is 0 Å². The maximum atomic E-state index is 12.0. The summed E-state index contributed by atoms with van der Waals surface area (Å²) in [7, 11) is 0. The quantitative estimate of drug-likeness (QED) is 0.858. The van der Waals surface area contributed by atoms with E-state index in [1.165, 1.54) is 9.75 Å². The van der Waals surface area contributed by atoms with Gasteiger partial charge in [-0.2, -0.15) is 0 Å². The Balaban J connectivity index is 0.00000220. The highest BCUT2D eigenvalue weighted by Gasteiger charge is 2.13. The first kappa shape index (κ1) is 17.7. The van der Waals surface area contributed by atoms with Gasteiger partial charge in [0, 0.05) is 9.75 Å². The van der Waals surface area contributed by atoms with Gasteiger partial charge in [-0.15, -0.1) is 23.7 Å². The summed E-state index contributed by atoms with van der Waals surface area (Å²) in [5.74, 6) is -0.0969. The minimum absolute atomic E-state index is 0. The number of hydrogen-bond donors (Lipinski definition) is 2. The molecule has 3 nitrogen and oxygen atoms in total. The van der Waals surface area contributed by atoms with Crippen molar-refractivity contribution in [3.8, 4) is 0 Å². The van der Waals surface area contributed by atoms with Gasteiger partial charge in [-0.05, 0) is 30.5 Å². The van der Waals surface area contributed by atoms with Crippen molar-refractivity contribution in [1.82, 2.24) is 5.32 Å². The van der Waals surface area contributed by atoms with Gasteiger partial charge in [0.2, 0.25) is 5.91 Å². The molecule has 3 N–H and O–H groups in total. The van der Waals surface area contributed by atoms with E-state index in [9.17, 15) is 4.79 Å². The third-order valence-corrected chi connectivity index (χ3v) is 4.37. The number of thiophene rings is 1. The van der Waals surface area contributed by atoms with E-state index in [4.69, 9.17) is 5.73 Å². The Morgan fingerprint density at radius 2 is 1.86 bits per heavy atom. The van der Waals surface area contributed by atoms with E-state index in [0.29, 0.717) is 13.0 Å². The van der Waals surface area contributed by atoms with Gasteiger partial charge in [-0.3, -0.25) is 4.79 Å². The molecule has 1 atom stereocenters. The Hall–Kier alpha value is -1.36. The monoisotopic (exact) mass is 324 g/mol. The van der Waals surface area contributed by atoms with E-state index in [1.54, 1.807) is 11.3 Å². The van der Waals surface area contributed by atoms with Gasteiger partial charge in [0.05, 0.1) is 12.6 Å². The SMILES string of the molecule is CCc1ccc(CNC(=O)C(N)Cc2ccccc2)s1.Cl. The minimum Gasteiger partial charge on any atom is -0.350 e. The lowest BCUT2D eigenvalue weighted by Crippen LogP contribution is -2.41. The Labute approximate surface area is 136 Å². The zero-order chi connectivity index (χ0) is 14.4.